The fraction of sp³-hybridized carbons (Fsp3) is 0.0952. The van der Waals surface area contributed by atoms with Crippen LogP contribution in [0.15, 0.2) is 54.7 Å². The fourth-order valence-corrected chi connectivity index (χ4v) is 3.06. The van der Waals surface area contributed by atoms with E-state index in [0.717, 1.165) is 28.1 Å². The van der Waals surface area contributed by atoms with Gasteiger partial charge in [-0.2, -0.15) is 15.5 Å². The Balaban J connectivity index is 1.46. The third kappa shape index (κ3) is 4.35. The first kappa shape index (κ1) is 19.7. The highest BCUT2D eigenvalue weighted by Crippen LogP contribution is 2.23. The highest BCUT2D eigenvalue weighted by Gasteiger charge is 2.10. The Morgan fingerprint density at radius 1 is 1.19 bits per heavy atom. The minimum atomic E-state index is -0.437. The number of non-ortho nitro benzene ring substituents is 1. The Hall–Kier alpha value is -4.65. The molecule has 4 rings (SSSR count). The minimum absolute atomic E-state index is 0.0344. The molecule has 2 aromatic heterocycles. The summed E-state index contributed by atoms with van der Waals surface area (Å²) >= 11 is 0. The molecule has 0 aliphatic heterocycles. The molecule has 2 aromatic carbocycles. The summed E-state index contributed by atoms with van der Waals surface area (Å²) in [6.07, 6.45) is 1.57. The second-order valence-electron chi connectivity index (χ2n) is 6.74. The van der Waals surface area contributed by atoms with Crippen LogP contribution in [0.4, 0.5) is 11.6 Å². The monoisotopic (exact) mass is 412 g/mol. The number of rotatable bonds is 6. The van der Waals surface area contributed by atoms with Gasteiger partial charge in [-0.05, 0) is 42.8 Å². The van der Waals surface area contributed by atoms with E-state index in [1.54, 1.807) is 30.5 Å². The molecule has 152 valence electrons. The van der Waals surface area contributed by atoms with Crippen molar-refractivity contribution in [2.75, 3.05) is 5.32 Å². The van der Waals surface area contributed by atoms with Crippen molar-refractivity contribution >= 4 is 11.6 Å². The highest BCUT2D eigenvalue weighted by molar-refractivity contribution is 5.65. The molecule has 0 bridgehead atoms. The number of nitrogens with one attached hydrogen (secondary N) is 2. The zero-order valence-electron chi connectivity index (χ0n) is 16.4. The van der Waals surface area contributed by atoms with Gasteiger partial charge in [-0.1, -0.05) is 6.07 Å². The average molecular weight is 412 g/mol. The van der Waals surface area contributed by atoms with Gasteiger partial charge in [0.2, 0.25) is 5.95 Å². The normalized spacial score (nSPS) is 10.5. The summed E-state index contributed by atoms with van der Waals surface area (Å²) in [5, 5.41) is 38.1. The maximum Gasteiger partial charge on any atom is 0.269 e. The van der Waals surface area contributed by atoms with Crippen LogP contribution in [0.2, 0.25) is 0 Å². The summed E-state index contributed by atoms with van der Waals surface area (Å²) < 4.78 is 0. The Bertz CT molecular complexity index is 1290. The summed E-state index contributed by atoms with van der Waals surface area (Å²) in [5.41, 5.74) is 5.32. The van der Waals surface area contributed by atoms with E-state index < -0.39 is 4.92 Å². The van der Waals surface area contributed by atoms with E-state index in [1.165, 1.54) is 12.1 Å². The van der Waals surface area contributed by atoms with Crippen molar-refractivity contribution in [2.45, 2.75) is 13.5 Å². The highest BCUT2D eigenvalue weighted by atomic mass is 16.6. The number of benzene rings is 2. The molecule has 0 fully saturated rings. The fourth-order valence-electron chi connectivity index (χ4n) is 3.06. The lowest BCUT2D eigenvalue weighted by Crippen LogP contribution is -2.05. The van der Waals surface area contributed by atoms with Crippen molar-refractivity contribution in [1.82, 2.24) is 25.4 Å². The lowest BCUT2D eigenvalue weighted by Gasteiger charge is -2.07. The molecule has 0 unspecified atom stereocenters. The van der Waals surface area contributed by atoms with Gasteiger partial charge in [-0.3, -0.25) is 15.2 Å². The number of H-pyrrole nitrogens is 1. The van der Waals surface area contributed by atoms with E-state index >= 15 is 0 Å². The predicted molar refractivity (Wildman–Crippen MR) is 113 cm³/mol. The summed E-state index contributed by atoms with van der Waals surface area (Å²) in [6.45, 7) is 2.27. The van der Waals surface area contributed by atoms with Crippen molar-refractivity contribution in [2.24, 2.45) is 0 Å². The standard InChI is InChI=1S/C21H16N8O2/c1-13-8-14(10-22)2-7-18(13)20-12-24-28-21(25-20)23-11-16-9-19(27-26-16)15-3-5-17(6-4-15)29(30)31/h2-9,12H,11H2,1H3,(H,26,27)(H,23,25,28). The van der Waals surface area contributed by atoms with Crippen LogP contribution in [0.5, 0.6) is 0 Å². The number of nitriles is 1. The first-order valence-electron chi connectivity index (χ1n) is 9.27. The summed E-state index contributed by atoms with van der Waals surface area (Å²) in [6, 6.07) is 15.6. The minimum Gasteiger partial charge on any atom is -0.347 e. The zero-order chi connectivity index (χ0) is 21.8. The number of aromatic amines is 1. The van der Waals surface area contributed by atoms with Gasteiger partial charge in [-0.25, -0.2) is 4.98 Å². The quantitative estimate of drug-likeness (QED) is 0.360. The third-order valence-corrected chi connectivity index (χ3v) is 4.64. The molecular weight excluding hydrogens is 396 g/mol. The topological polar surface area (TPSA) is 146 Å². The SMILES string of the molecule is Cc1cc(C#N)ccc1-c1cnnc(NCc2cc(-c3ccc([N+](=O)[O-])cc3)[nH]n2)n1. The number of aryl methyl sites for hydroxylation is 1. The molecule has 0 saturated heterocycles. The first-order valence-corrected chi connectivity index (χ1v) is 9.27. The Labute approximate surface area is 176 Å². The predicted octanol–water partition coefficient (Wildman–Crippen LogP) is 3.63. The molecule has 0 saturated carbocycles. The van der Waals surface area contributed by atoms with E-state index in [2.05, 4.69) is 36.8 Å². The lowest BCUT2D eigenvalue weighted by molar-refractivity contribution is -0.384. The summed E-state index contributed by atoms with van der Waals surface area (Å²) in [4.78, 5) is 14.8. The van der Waals surface area contributed by atoms with Gasteiger partial charge in [-0.15, -0.1) is 5.10 Å². The van der Waals surface area contributed by atoms with Crippen LogP contribution in [0.3, 0.4) is 0 Å². The van der Waals surface area contributed by atoms with Gasteiger partial charge in [0.25, 0.3) is 5.69 Å². The van der Waals surface area contributed by atoms with Crippen molar-refractivity contribution < 1.29 is 4.92 Å². The average Bonchev–Trinajstić information content (AvgIpc) is 3.27. The maximum atomic E-state index is 10.8. The number of nitrogens with zero attached hydrogens (tertiary/aromatic N) is 6. The maximum absolute atomic E-state index is 10.8. The second-order valence-corrected chi connectivity index (χ2v) is 6.74. The van der Waals surface area contributed by atoms with E-state index in [1.807, 2.05) is 19.1 Å². The summed E-state index contributed by atoms with van der Waals surface area (Å²) in [7, 11) is 0. The summed E-state index contributed by atoms with van der Waals surface area (Å²) in [5.74, 6) is 0.348. The molecule has 0 amide bonds. The first-order chi connectivity index (χ1) is 15.0. The zero-order valence-corrected chi connectivity index (χ0v) is 16.4. The van der Waals surface area contributed by atoms with Crippen molar-refractivity contribution in [3.8, 4) is 28.6 Å². The molecule has 0 aliphatic rings. The number of aromatic nitrogens is 5. The Kier molecular flexibility index (Phi) is 5.31. The number of hydrogen-bond donors (Lipinski definition) is 2. The number of nitro groups is 1. The van der Waals surface area contributed by atoms with Gasteiger partial charge in [0.05, 0.1) is 46.4 Å². The molecule has 0 radical (unpaired) electrons. The molecule has 0 aliphatic carbocycles. The van der Waals surface area contributed by atoms with E-state index in [4.69, 9.17) is 5.26 Å². The second kappa shape index (κ2) is 8.38. The van der Waals surface area contributed by atoms with Gasteiger partial charge >= 0.3 is 0 Å². The van der Waals surface area contributed by atoms with Crippen molar-refractivity contribution in [3.63, 3.8) is 0 Å². The molecular formula is C21H16N8O2. The molecule has 0 atom stereocenters. The van der Waals surface area contributed by atoms with Crippen LogP contribution >= 0.6 is 0 Å². The van der Waals surface area contributed by atoms with Crippen LogP contribution in [0.25, 0.3) is 22.5 Å². The van der Waals surface area contributed by atoms with Gasteiger partial charge in [0.1, 0.15) is 0 Å². The molecule has 31 heavy (non-hydrogen) atoms. The molecule has 0 spiro atoms. The molecule has 2 N–H and O–H groups in total. The number of nitro benzene ring substituents is 1. The van der Waals surface area contributed by atoms with Crippen LogP contribution in [0.1, 0.15) is 16.8 Å². The van der Waals surface area contributed by atoms with Crippen LogP contribution < -0.4 is 5.32 Å². The Morgan fingerprint density at radius 2 is 2.00 bits per heavy atom. The van der Waals surface area contributed by atoms with Crippen LogP contribution in [0, 0.1) is 28.4 Å². The third-order valence-electron chi connectivity index (χ3n) is 4.64. The van der Waals surface area contributed by atoms with Crippen molar-refractivity contribution in [1.29, 1.82) is 5.26 Å². The van der Waals surface area contributed by atoms with Gasteiger partial charge < -0.3 is 5.32 Å². The molecule has 10 heteroatoms. The van der Waals surface area contributed by atoms with Gasteiger partial charge in [0, 0.05) is 23.3 Å². The van der Waals surface area contributed by atoms with Crippen molar-refractivity contribution in [3.05, 3.63) is 81.7 Å². The van der Waals surface area contributed by atoms with Crippen LogP contribution in [-0.4, -0.2) is 30.3 Å². The van der Waals surface area contributed by atoms with Crippen LogP contribution in [-0.2, 0) is 6.54 Å². The molecule has 10 nitrogen and oxygen atoms in total. The largest absolute Gasteiger partial charge is 0.347 e. The smallest absolute Gasteiger partial charge is 0.269 e. The van der Waals surface area contributed by atoms with E-state index in [9.17, 15) is 10.1 Å². The number of anilines is 1. The molecule has 4 aromatic rings. The van der Waals surface area contributed by atoms with E-state index in [-0.39, 0.29) is 5.69 Å². The Morgan fingerprint density at radius 3 is 2.71 bits per heavy atom. The van der Waals surface area contributed by atoms with Gasteiger partial charge in [0.15, 0.2) is 0 Å². The lowest BCUT2D eigenvalue weighted by atomic mass is 10.0. The number of hydrogen-bond acceptors (Lipinski definition) is 8. The molecule has 2 heterocycles. The van der Waals surface area contributed by atoms with E-state index in [0.29, 0.717) is 23.8 Å².